The summed E-state index contributed by atoms with van der Waals surface area (Å²) in [5.74, 6) is -0.824. The van der Waals surface area contributed by atoms with E-state index in [4.69, 9.17) is 10.00 Å². The summed E-state index contributed by atoms with van der Waals surface area (Å²) in [6, 6.07) is 27.1. The standard InChI is InChI=1S/C26H24N2O3/c1-26(21-9-5-3-6-10-21,22-11-7-4-8-12-22)25(30)28-23(24(29)31-2)17-19-13-15-20(18-27)16-14-19/h3-16,23H,17H2,1-2H3,(H,28,30)/t23-/m0/s1. The molecule has 5 nitrogen and oxygen atoms in total. The lowest BCUT2D eigenvalue weighted by molar-refractivity contribution is -0.145. The van der Waals surface area contributed by atoms with E-state index >= 15 is 0 Å². The second-order valence-corrected chi connectivity index (χ2v) is 7.42. The van der Waals surface area contributed by atoms with Crippen molar-refractivity contribution in [3.8, 4) is 6.07 Å². The molecule has 0 saturated carbocycles. The summed E-state index contributed by atoms with van der Waals surface area (Å²) in [5.41, 5.74) is 1.99. The minimum atomic E-state index is -1.00. The van der Waals surface area contributed by atoms with Crippen LogP contribution in [-0.2, 0) is 26.2 Å². The van der Waals surface area contributed by atoms with Crippen LogP contribution in [0.2, 0.25) is 0 Å². The largest absolute Gasteiger partial charge is 0.467 e. The molecule has 0 unspecified atom stereocenters. The molecule has 31 heavy (non-hydrogen) atoms. The minimum absolute atomic E-state index is 0.254. The van der Waals surface area contributed by atoms with Crippen molar-refractivity contribution in [2.45, 2.75) is 24.8 Å². The minimum Gasteiger partial charge on any atom is -0.467 e. The molecule has 0 saturated heterocycles. The molecule has 3 rings (SSSR count). The number of amides is 1. The second kappa shape index (κ2) is 9.73. The summed E-state index contributed by atoms with van der Waals surface area (Å²) in [6.07, 6.45) is 0.254. The maximum atomic E-state index is 13.6. The number of rotatable bonds is 7. The van der Waals surface area contributed by atoms with Gasteiger partial charge in [0.15, 0.2) is 0 Å². The molecule has 0 heterocycles. The summed E-state index contributed by atoms with van der Waals surface area (Å²) in [6.45, 7) is 1.85. The molecular weight excluding hydrogens is 388 g/mol. The van der Waals surface area contributed by atoms with Crippen molar-refractivity contribution in [3.63, 3.8) is 0 Å². The Balaban J connectivity index is 1.93. The van der Waals surface area contributed by atoms with Crippen LogP contribution in [0.15, 0.2) is 84.9 Å². The number of methoxy groups -OCH3 is 1. The Labute approximate surface area is 182 Å². The highest BCUT2D eigenvalue weighted by atomic mass is 16.5. The summed E-state index contributed by atoms with van der Waals surface area (Å²) in [4.78, 5) is 26.1. The molecule has 0 aliphatic carbocycles. The van der Waals surface area contributed by atoms with Crippen molar-refractivity contribution in [1.29, 1.82) is 5.26 Å². The lowest BCUT2D eigenvalue weighted by atomic mass is 9.75. The van der Waals surface area contributed by atoms with Crippen molar-refractivity contribution in [1.82, 2.24) is 5.32 Å². The first-order valence-electron chi connectivity index (χ1n) is 9.98. The highest BCUT2D eigenvalue weighted by Crippen LogP contribution is 2.32. The second-order valence-electron chi connectivity index (χ2n) is 7.42. The molecule has 0 bridgehead atoms. The lowest BCUT2D eigenvalue weighted by Crippen LogP contribution is -2.51. The SMILES string of the molecule is COC(=O)[C@H](Cc1ccc(C#N)cc1)NC(=O)C(C)(c1ccccc1)c1ccccc1. The number of ether oxygens (including phenoxy) is 1. The van der Waals surface area contributed by atoms with Gasteiger partial charge in [-0.2, -0.15) is 5.26 Å². The highest BCUT2D eigenvalue weighted by molar-refractivity contribution is 5.94. The van der Waals surface area contributed by atoms with Crippen molar-refractivity contribution in [2.75, 3.05) is 7.11 Å². The van der Waals surface area contributed by atoms with Gasteiger partial charge in [0, 0.05) is 6.42 Å². The predicted octanol–water partition coefficient (Wildman–Crippen LogP) is 3.76. The lowest BCUT2D eigenvalue weighted by Gasteiger charge is -2.31. The van der Waals surface area contributed by atoms with Crippen LogP contribution >= 0.6 is 0 Å². The van der Waals surface area contributed by atoms with Crippen molar-refractivity contribution >= 4 is 11.9 Å². The van der Waals surface area contributed by atoms with E-state index in [1.807, 2.05) is 67.6 Å². The zero-order valence-corrected chi connectivity index (χ0v) is 17.5. The van der Waals surface area contributed by atoms with Crippen molar-refractivity contribution in [2.24, 2.45) is 0 Å². The Bertz CT molecular complexity index is 1030. The van der Waals surface area contributed by atoms with Gasteiger partial charge >= 0.3 is 5.97 Å². The van der Waals surface area contributed by atoms with E-state index in [0.717, 1.165) is 16.7 Å². The van der Waals surface area contributed by atoms with E-state index in [9.17, 15) is 9.59 Å². The van der Waals surface area contributed by atoms with E-state index < -0.39 is 17.4 Å². The number of nitriles is 1. The maximum Gasteiger partial charge on any atom is 0.328 e. The van der Waals surface area contributed by atoms with Gasteiger partial charge in [-0.1, -0.05) is 72.8 Å². The number of esters is 1. The normalized spacial score (nSPS) is 11.8. The number of carbonyl (C=O) groups excluding carboxylic acids is 2. The third-order valence-corrected chi connectivity index (χ3v) is 5.47. The number of hydrogen-bond acceptors (Lipinski definition) is 4. The zero-order valence-electron chi connectivity index (χ0n) is 17.5. The van der Waals surface area contributed by atoms with Crippen molar-refractivity contribution < 1.29 is 14.3 Å². The van der Waals surface area contributed by atoms with Gasteiger partial charge in [0.1, 0.15) is 6.04 Å². The Morgan fingerprint density at radius 1 is 0.935 bits per heavy atom. The molecule has 156 valence electrons. The summed E-state index contributed by atoms with van der Waals surface area (Å²) in [7, 11) is 1.30. The fraction of sp³-hybridized carbons (Fsp3) is 0.192. The van der Waals surface area contributed by atoms with Gasteiger partial charge in [-0.25, -0.2) is 4.79 Å². The fourth-order valence-electron chi connectivity index (χ4n) is 3.56. The molecular formula is C26H24N2O3. The molecule has 1 amide bonds. The van der Waals surface area contributed by atoms with Crippen LogP contribution in [-0.4, -0.2) is 25.0 Å². The molecule has 1 atom stereocenters. The molecule has 0 aliphatic heterocycles. The number of hydrogen-bond donors (Lipinski definition) is 1. The van der Waals surface area contributed by atoms with E-state index in [-0.39, 0.29) is 12.3 Å². The number of nitrogens with one attached hydrogen (secondary N) is 1. The average Bonchev–Trinajstić information content (AvgIpc) is 2.84. The Morgan fingerprint density at radius 2 is 1.45 bits per heavy atom. The van der Waals surface area contributed by atoms with Crippen LogP contribution in [0.4, 0.5) is 0 Å². The first-order chi connectivity index (χ1) is 15.0. The first kappa shape index (κ1) is 21.8. The monoisotopic (exact) mass is 412 g/mol. The van der Waals surface area contributed by atoms with Gasteiger partial charge in [0.2, 0.25) is 5.91 Å². The van der Waals surface area contributed by atoms with Crippen LogP contribution in [0.3, 0.4) is 0 Å². The molecule has 0 aromatic heterocycles. The zero-order chi connectivity index (χ0) is 22.3. The topological polar surface area (TPSA) is 79.2 Å². The summed E-state index contributed by atoms with van der Waals surface area (Å²) < 4.78 is 4.95. The van der Waals surface area contributed by atoms with Gasteiger partial charge in [0.05, 0.1) is 24.2 Å². The summed E-state index contributed by atoms with van der Waals surface area (Å²) >= 11 is 0. The van der Waals surface area contributed by atoms with E-state index in [2.05, 4.69) is 11.4 Å². The maximum absolute atomic E-state index is 13.6. The first-order valence-corrected chi connectivity index (χ1v) is 9.98. The van der Waals surface area contributed by atoms with Crippen LogP contribution in [0, 0.1) is 11.3 Å². The number of carbonyl (C=O) groups is 2. The number of nitrogens with zero attached hydrogens (tertiary/aromatic N) is 1. The smallest absolute Gasteiger partial charge is 0.328 e. The van der Waals surface area contributed by atoms with E-state index in [1.54, 1.807) is 24.3 Å². The third kappa shape index (κ3) is 4.81. The molecule has 0 aliphatic rings. The molecule has 3 aromatic carbocycles. The van der Waals surface area contributed by atoms with Gasteiger partial charge in [0.25, 0.3) is 0 Å². The van der Waals surface area contributed by atoms with Crippen LogP contribution in [0.25, 0.3) is 0 Å². The van der Waals surface area contributed by atoms with Gasteiger partial charge in [-0.15, -0.1) is 0 Å². The van der Waals surface area contributed by atoms with E-state index in [1.165, 1.54) is 7.11 Å². The molecule has 0 spiro atoms. The molecule has 0 radical (unpaired) electrons. The quantitative estimate of drug-likeness (QED) is 0.599. The molecule has 1 N–H and O–H groups in total. The Hall–Kier alpha value is -3.91. The van der Waals surface area contributed by atoms with Gasteiger partial charge < -0.3 is 10.1 Å². The highest BCUT2D eigenvalue weighted by Gasteiger charge is 2.39. The molecule has 3 aromatic rings. The average molecular weight is 412 g/mol. The summed E-state index contributed by atoms with van der Waals surface area (Å²) in [5, 5.41) is 11.9. The van der Waals surface area contributed by atoms with Crippen LogP contribution in [0.5, 0.6) is 0 Å². The van der Waals surface area contributed by atoms with Crippen molar-refractivity contribution in [3.05, 3.63) is 107 Å². The molecule has 5 heteroatoms. The fourth-order valence-corrected chi connectivity index (χ4v) is 3.56. The number of benzene rings is 3. The van der Waals surface area contributed by atoms with Gasteiger partial charge in [-0.05, 0) is 35.7 Å². The molecule has 0 fully saturated rings. The van der Waals surface area contributed by atoms with Gasteiger partial charge in [-0.3, -0.25) is 4.79 Å². The van der Waals surface area contributed by atoms with E-state index in [0.29, 0.717) is 5.56 Å². The van der Waals surface area contributed by atoms with Crippen LogP contribution < -0.4 is 5.32 Å². The Morgan fingerprint density at radius 3 is 1.90 bits per heavy atom. The Kier molecular flexibility index (Phi) is 6.84. The predicted molar refractivity (Wildman–Crippen MR) is 118 cm³/mol. The third-order valence-electron chi connectivity index (χ3n) is 5.47. The van der Waals surface area contributed by atoms with Crippen LogP contribution in [0.1, 0.15) is 29.2 Å².